The van der Waals surface area contributed by atoms with E-state index in [0.717, 1.165) is 0 Å². The Kier molecular flexibility index (Phi) is 4.30. The van der Waals surface area contributed by atoms with Crippen LogP contribution in [0, 0.1) is 18.6 Å². The quantitative estimate of drug-likeness (QED) is 0.483. The van der Waals surface area contributed by atoms with Crippen LogP contribution in [0.3, 0.4) is 0 Å². The number of rotatable bonds is 4. The molecule has 0 spiro atoms. The number of hydrogen-bond donors (Lipinski definition) is 3. The molecule has 4 N–H and O–H groups in total. The Balaban J connectivity index is 1.80. The molecule has 4 aromatic rings. The predicted molar refractivity (Wildman–Crippen MR) is 102 cm³/mol. The second kappa shape index (κ2) is 6.82. The number of carboxylic acids is 1. The molecule has 2 aromatic carbocycles. The second-order valence-electron chi connectivity index (χ2n) is 6.21. The van der Waals surface area contributed by atoms with Crippen LogP contribution in [0.1, 0.15) is 16.2 Å². The number of hydrogen-bond acceptors (Lipinski definition) is 6. The van der Waals surface area contributed by atoms with Crippen molar-refractivity contribution in [3.63, 3.8) is 0 Å². The van der Waals surface area contributed by atoms with Crippen molar-refractivity contribution in [3.05, 3.63) is 65.5 Å². The van der Waals surface area contributed by atoms with Crippen LogP contribution in [0.4, 0.5) is 26.1 Å². The minimum atomic E-state index is -1.08. The fourth-order valence-corrected chi connectivity index (χ4v) is 2.89. The van der Waals surface area contributed by atoms with Crippen molar-refractivity contribution >= 4 is 34.3 Å². The Morgan fingerprint density at radius 1 is 1.10 bits per heavy atom. The molecule has 10 heteroatoms. The van der Waals surface area contributed by atoms with Gasteiger partial charge in [0.05, 0.1) is 16.6 Å². The van der Waals surface area contributed by atoms with Crippen LogP contribution in [0.5, 0.6) is 0 Å². The lowest BCUT2D eigenvalue weighted by Gasteiger charge is -2.12. The van der Waals surface area contributed by atoms with Gasteiger partial charge in [0, 0.05) is 11.8 Å². The maximum Gasteiger partial charge on any atom is 0.335 e. The fourth-order valence-electron chi connectivity index (χ4n) is 2.89. The average Bonchev–Trinajstić information content (AvgIpc) is 3.00. The largest absolute Gasteiger partial charge is 0.478 e. The van der Waals surface area contributed by atoms with Gasteiger partial charge in [-0.25, -0.2) is 14.2 Å². The number of aromatic nitrogens is 4. The van der Waals surface area contributed by atoms with E-state index in [4.69, 9.17) is 10.8 Å². The van der Waals surface area contributed by atoms with Gasteiger partial charge in [0.1, 0.15) is 11.6 Å². The highest BCUT2D eigenvalue weighted by Crippen LogP contribution is 2.26. The highest BCUT2D eigenvalue weighted by molar-refractivity contribution is 5.88. The number of carbonyl (C=O) groups is 1. The Morgan fingerprint density at radius 2 is 1.83 bits per heavy atom. The van der Waals surface area contributed by atoms with Crippen molar-refractivity contribution in [2.24, 2.45) is 0 Å². The van der Waals surface area contributed by atoms with E-state index >= 15 is 0 Å². The molecule has 0 radical (unpaired) electrons. The molecule has 0 aliphatic carbocycles. The zero-order valence-electron chi connectivity index (χ0n) is 15.0. The van der Waals surface area contributed by atoms with Crippen LogP contribution in [0.15, 0.2) is 42.5 Å². The Labute approximate surface area is 162 Å². The number of imidazole rings is 1. The van der Waals surface area contributed by atoms with Crippen LogP contribution in [0.25, 0.3) is 17.0 Å². The fraction of sp³-hybridized carbons (Fsp3) is 0.0526. The molecule has 146 valence electrons. The molecule has 0 saturated heterocycles. The second-order valence-corrected chi connectivity index (χ2v) is 6.21. The molecule has 0 atom stereocenters. The lowest BCUT2D eigenvalue weighted by molar-refractivity contribution is 0.0697. The molecule has 4 rings (SSSR count). The van der Waals surface area contributed by atoms with Crippen molar-refractivity contribution in [3.8, 4) is 5.95 Å². The smallest absolute Gasteiger partial charge is 0.335 e. The molecule has 2 heterocycles. The summed E-state index contributed by atoms with van der Waals surface area (Å²) in [5, 5.41) is 11.7. The maximum atomic E-state index is 14.5. The number of carboxylic acid groups (broad SMARTS) is 1. The third-order valence-electron chi connectivity index (χ3n) is 4.24. The first-order chi connectivity index (χ1) is 13.8. The van der Waals surface area contributed by atoms with Gasteiger partial charge in [-0.15, -0.1) is 0 Å². The van der Waals surface area contributed by atoms with Gasteiger partial charge in [-0.05, 0) is 43.3 Å². The van der Waals surface area contributed by atoms with E-state index in [1.807, 2.05) is 0 Å². The van der Waals surface area contributed by atoms with Crippen LogP contribution < -0.4 is 11.1 Å². The van der Waals surface area contributed by atoms with Crippen molar-refractivity contribution in [2.75, 3.05) is 11.1 Å². The first kappa shape index (κ1) is 18.3. The van der Waals surface area contributed by atoms with Crippen molar-refractivity contribution in [1.82, 2.24) is 19.5 Å². The number of nitrogen functional groups attached to an aromatic ring is 1. The predicted octanol–water partition coefficient (Wildman–Crippen LogP) is 3.43. The summed E-state index contributed by atoms with van der Waals surface area (Å²) < 4.78 is 29.7. The lowest BCUT2D eigenvalue weighted by Crippen LogP contribution is -2.11. The van der Waals surface area contributed by atoms with E-state index in [1.54, 1.807) is 6.92 Å². The number of fused-ring (bicyclic) bond motifs is 1. The Morgan fingerprint density at radius 3 is 2.52 bits per heavy atom. The van der Waals surface area contributed by atoms with Crippen molar-refractivity contribution in [2.45, 2.75) is 6.92 Å². The molecule has 0 aliphatic heterocycles. The number of benzene rings is 2. The molecule has 0 fully saturated rings. The number of anilines is 3. The summed E-state index contributed by atoms with van der Waals surface area (Å²) in [6.07, 6.45) is 0. The molecular formula is C19H14F2N6O2. The highest BCUT2D eigenvalue weighted by Gasteiger charge is 2.18. The molecule has 0 amide bonds. The first-order valence-electron chi connectivity index (χ1n) is 8.42. The number of aromatic carboxylic acids is 1. The monoisotopic (exact) mass is 396 g/mol. The maximum absolute atomic E-state index is 14.5. The van der Waals surface area contributed by atoms with Crippen LogP contribution in [-0.2, 0) is 0 Å². The first-order valence-corrected chi connectivity index (χ1v) is 8.42. The number of nitrogens with one attached hydrogen (secondary N) is 1. The Hall–Kier alpha value is -4.08. The molecular weight excluding hydrogens is 382 g/mol. The van der Waals surface area contributed by atoms with Crippen molar-refractivity contribution < 1.29 is 18.7 Å². The molecule has 8 nitrogen and oxygen atoms in total. The topological polar surface area (TPSA) is 119 Å². The molecule has 0 saturated carbocycles. The van der Waals surface area contributed by atoms with Gasteiger partial charge < -0.3 is 16.2 Å². The van der Waals surface area contributed by atoms with Crippen molar-refractivity contribution in [1.29, 1.82) is 0 Å². The lowest BCUT2D eigenvalue weighted by atomic mass is 10.2. The normalized spacial score (nSPS) is 11.0. The van der Waals surface area contributed by atoms with Gasteiger partial charge in [-0.1, -0.05) is 0 Å². The van der Waals surface area contributed by atoms with E-state index in [2.05, 4.69) is 20.3 Å². The molecule has 0 unspecified atom stereocenters. The Bertz CT molecular complexity index is 1250. The van der Waals surface area contributed by atoms with Gasteiger partial charge in [0.2, 0.25) is 11.8 Å². The van der Waals surface area contributed by atoms with Gasteiger partial charge in [-0.2, -0.15) is 14.4 Å². The molecule has 0 bridgehead atoms. The molecule has 2 aromatic heterocycles. The third-order valence-corrected chi connectivity index (χ3v) is 4.24. The van der Waals surface area contributed by atoms with E-state index in [1.165, 1.54) is 47.0 Å². The summed E-state index contributed by atoms with van der Waals surface area (Å²) in [5.74, 6) is -2.56. The summed E-state index contributed by atoms with van der Waals surface area (Å²) >= 11 is 0. The zero-order chi connectivity index (χ0) is 20.7. The highest BCUT2D eigenvalue weighted by atomic mass is 19.1. The summed E-state index contributed by atoms with van der Waals surface area (Å²) in [6, 6.07) is 9.74. The molecule has 29 heavy (non-hydrogen) atoms. The number of nitrogens with zero attached hydrogens (tertiary/aromatic N) is 4. The molecule has 0 aliphatic rings. The van der Waals surface area contributed by atoms with E-state index in [0.29, 0.717) is 22.5 Å². The summed E-state index contributed by atoms with van der Waals surface area (Å²) in [7, 11) is 0. The van der Waals surface area contributed by atoms with Gasteiger partial charge in [-0.3, -0.25) is 4.57 Å². The number of halogens is 2. The van der Waals surface area contributed by atoms with Gasteiger partial charge in [0.15, 0.2) is 11.6 Å². The number of nitrogens with two attached hydrogens (primary N) is 1. The SMILES string of the molecule is Cc1nc2ccc(F)cc2n1-c1nc(N)c(F)c(Nc2ccc(C(=O)O)cc2)n1. The van der Waals surface area contributed by atoms with Crippen LogP contribution in [0.2, 0.25) is 0 Å². The number of aryl methyl sites for hydroxylation is 1. The van der Waals surface area contributed by atoms with Crippen LogP contribution in [-0.4, -0.2) is 30.6 Å². The van der Waals surface area contributed by atoms with E-state index in [-0.39, 0.29) is 17.3 Å². The zero-order valence-corrected chi connectivity index (χ0v) is 15.0. The summed E-state index contributed by atoms with van der Waals surface area (Å²) in [5.41, 5.74) is 7.13. The minimum absolute atomic E-state index is 0.0131. The summed E-state index contributed by atoms with van der Waals surface area (Å²) in [4.78, 5) is 23.4. The van der Waals surface area contributed by atoms with Gasteiger partial charge >= 0.3 is 5.97 Å². The summed E-state index contributed by atoms with van der Waals surface area (Å²) in [6.45, 7) is 1.68. The van der Waals surface area contributed by atoms with E-state index in [9.17, 15) is 13.6 Å². The van der Waals surface area contributed by atoms with Crippen LogP contribution >= 0.6 is 0 Å². The third kappa shape index (κ3) is 3.31. The average molecular weight is 396 g/mol. The standard InChI is InChI=1S/C19H14F2N6O2/c1-9-23-13-7-4-11(20)8-14(13)27(9)19-25-16(22)15(21)17(26-19)24-12-5-2-10(3-6-12)18(28)29/h2-8H,1H3,(H,28,29)(H3,22,24,25,26). The van der Waals surface area contributed by atoms with Gasteiger partial charge in [0.25, 0.3) is 0 Å². The van der Waals surface area contributed by atoms with E-state index < -0.39 is 23.4 Å². The minimum Gasteiger partial charge on any atom is -0.478 e.